The molecule has 1 heterocycles. The first-order valence-corrected chi connectivity index (χ1v) is 7.48. The zero-order valence-corrected chi connectivity index (χ0v) is 14.3. The number of carbonyl (C=O) groups excluding carboxylic acids is 1. The van der Waals surface area contributed by atoms with Gasteiger partial charge in [-0.25, -0.2) is 0 Å². The Labute approximate surface area is 140 Å². The number of benzene rings is 1. The molecule has 0 spiro atoms. The zero-order valence-electron chi connectivity index (χ0n) is 11.9. The number of amides is 1. The second-order valence-corrected chi connectivity index (χ2v) is 6.59. The van der Waals surface area contributed by atoms with Crippen LogP contribution in [0.5, 0.6) is 0 Å². The minimum absolute atomic E-state index is 0. The van der Waals surface area contributed by atoms with Crippen molar-refractivity contribution in [2.24, 2.45) is 5.73 Å². The van der Waals surface area contributed by atoms with Gasteiger partial charge in [-0.2, -0.15) is 0 Å². The molecule has 2 aromatic rings. The Morgan fingerprint density at radius 1 is 1.29 bits per heavy atom. The fourth-order valence-electron chi connectivity index (χ4n) is 1.90. The molecule has 1 aromatic carbocycles. The summed E-state index contributed by atoms with van der Waals surface area (Å²) in [6.07, 6.45) is 0. The molecule has 0 saturated carbocycles. The topological polar surface area (TPSA) is 46.3 Å². The van der Waals surface area contributed by atoms with Crippen molar-refractivity contribution in [2.75, 3.05) is 7.05 Å². The normalized spacial score (nSPS) is 11.6. The third-order valence-corrected chi connectivity index (χ3v) is 4.32. The van der Waals surface area contributed by atoms with Gasteiger partial charge in [0.05, 0.1) is 10.9 Å². The van der Waals surface area contributed by atoms with Gasteiger partial charge in [-0.1, -0.05) is 41.4 Å². The van der Waals surface area contributed by atoms with Crippen LogP contribution in [-0.4, -0.2) is 17.9 Å². The summed E-state index contributed by atoms with van der Waals surface area (Å²) in [5.41, 5.74) is 8.01. The smallest absolute Gasteiger partial charge is 0.244 e. The Bertz CT molecular complexity index is 598. The van der Waals surface area contributed by atoms with E-state index >= 15 is 0 Å². The second kappa shape index (κ2) is 7.80. The van der Waals surface area contributed by atoms with Crippen molar-refractivity contribution in [1.29, 1.82) is 0 Å². The molecule has 1 aromatic heterocycles. The maximum atomic E-state index is 12.3. The van der Waals surface area contributed by atoms with Gasteiger partial charge in [0, 0.05) is 11.9 Å². The van der Waals surface area contributed by atoms with Crippen molar-refractivity contribution in [3.8, 4) is 0 Å². The van der Waals surface area contributed by atoms with Gasteiger partial charge in [0.1, 0.15) is 6.04 Å². The summed E-state index contributed by atoms with van der Waals surface area (Å²) in [6, 6.07) is 10.8. The molecular formula is C15H18Cl2N2OS. The van der Waals surface area contributed by atoms with Gasteiger partial charge >= 0.3 is 0 Å². The Morgan fingerprint density at radius 3 is 2.43 bits per heavy atom. The summed E-state index contributed by atoms with van der Waals surface area (Å²) in [7, 11) is 1.75. The Kier molecular flexibility index (Phi) is 6.68. The molecule has 21 heavy (non-hydrogen) atoms. The number of aryl methyl sites for hydroxylation is 1. The molecule has 3 nitrogen and oxygen atoms in total. The Balaban J connectivity index is 0.00000220. The van der Waals surface area contributed by atoms with Crippen molar-refractivity contribution in [3.05, 3.63) is 56.7 Å². The highest BCUT2D eigenvalue weighted by Crippen LogP contribution is 2.23. The first-order valence-electron chi connectivity index (χ1n) is 6.28. The number of rotatable bonds is 4. The van der Waals surface area contributed by atoms with Gasteiger partial charge in [0.15, 0.2) is 0 Å². The fraction of sp³-hybridized carbons (Fsp3) is 0.267. The van der Waals surface area contributed by atoms with Gasteiger partial charge in [0.2, 0.25) is 5.91 Å². The predicted octanol–water partition coefficient (Wildman–Crippen LogP) is 3.79. The van der Waals surface area contributed by atoms with E-state index in [9.17, 15) is 4.79 Å². The van der Waals surface area contributed by atoms with Crippen LogP contribution < -0.4 is 5.73 Å². The van der Waals surface area contributed by atoms with E-state index in [-0.39, 0.29) is 18.3 Å². The van der Waals surface area contributed by atoms with Crippen molar-refractivity contribution in [1.82, 2.24) is 4.90 Å². The van der Waals surface area contributed by atoms with Crippen molar-refractivity contribution in [3.63, 3.8) is 0 Å². The van der Waals surface area contributed by atoms with E-state index in [0.29, 0.717) is 6.54 Å². The molecule has 0 saturated heterocycles. The molecule has 2 rings (SSSR count). The van der Waals surface area contributed by atoms with Crippen LogP contribution in [0.25, 0.3) is 0 Å². The number of hydrogen-bond acceptors (Lipinski definition) is 3. The first-order chi connectivity index (χ1) is 9.47. The fourth-order valence-corrected chi connectivity index (χ4v) is 3.04. The number of hydrogen-bond donors (Lipinski definition) is 1. The number of halogens is 2. The monoisotopic (exact) mass is 344 g/mol. The van der Waals surface area contributed by atoms with Crippen LogP contribution in [0.4, 0.5) is 0 Å². The highest BCUT2D eigenvalue weighted by molar-refractivity contribution is 7.16. The van der Waals surface area contributed by atoms with E-state index in [0.717, 1.165) is 20.3 Å². The molecule has 0 fully saturated rings. The van der Waals surface area contributed by atoms with Crippen LogP contribution in [0.2, 0.25) is 4.34 Å². The SMILES string of the molecule is Cc1ccc(C(N)C(=O)N(C)Cc2ccc(Cl)s2)cc1.Cl. The molecule has 0 bridgehead atoms. The molecule has 0 aliphatic heterocycles. The number of likely N-dealkylation sites (N-methyl/N-ethyl adjacent to an activating group) is 1. The van der Waals surface area contributed by atoms with Crippen molar-refractivity contribution < 1.29 is 4.79 Å². The lowest BCUT2D eigenvalue weighted by atomic mass is 10.0. The zero-order chi connectivity index (χ0) is 14.7. The number of thiophene rings is 1. The van der Waals surface area contributed by atoms with Crippen LogP contribution in [0.1, 0.15) is 22.0 Å². The Hall–Kier alpha value is -1.07. The molecule has 114 valence electrons. The first kappa shape index (κ1) is 18.0. The standard InChI is InChI=1S/C15H17ClN2OS.ClH/c1-10-3-5-11(6-4-10)14(17)15(19)18(2)9-12-7-8-13(16)20-12;/h3-8,14H,9,17H2,1-2H3;1H. The van der Waals surface area contributed by atoms with Crippen molar-refractivity contribution >= 4 is 41.3 Å². The molecular weight excluding hydrogens is 327 g/mol. The lowest BCUT2D eigenvalue weighted by molar-refractivity contribution is -0.131. The molecule has 1 amide bonds. The summed E-state index contributed by atoms with van der Waals surface area (Å²) in [6.45, 7) is 2.53. The van der Waals surface area contributed by atoms with E-state index in [1.807, 2.05) is 43.3 Å². The molecule has 0 aliphatic rings. The van der Waals surface area contributed by atoms with E-state index in [1.165, 1.54) is 11.3 Å². The molecule has 0 aliphatic carbocycles. The van der Waals surface area contributed by atoms with Gasteiger partial charge in [0.25, 0.3) is 0 Å². The highest BCUT2D eigenvalue weighted by atomic mass is 35.5. The van der Waals surface area contributed by atoms with Crippen LogP contribution in [0.15, 0.2) is 36.4 Å². The van der Waals surface area contributed by atoms with Crippen LogP contribution >= 0.6 is 35.3 Å². The van der Waals surface area contributed by atoms with Crippen LogP contribution in [0, 0.1) is 6.92 Å². The van der Waals surface area contributed by atoms with E-state index in [4.69, 9.17) is 17.3 Å². The van der Waals surface area contributed by atoms with Crippen molar-refractivity contribution in [2.45, 2.75) is 19.5 Å². The quantitative estimate of drug-likeness (QED) is 0.916. The lowest BCUT2D eigenvalue weighted by Crippen LogP contribution is -2.35. The maximum Gasteiger partial charge on any atom is 0.244 e. The van der Waals surface area contributed by atoms with Gasteiger partial charge < -0.3 is 10.6 Å². The molecule has 1 atom stereocenters. The minimum Gasteiger partial charge on any atom is -0.339 e. The molecule has 2 N–H and O–H groups in total. The summed E-state index contributed by atoms with van der Waals surface area (Å²) < 4.78 is 0.726. The Morgan fingerprint density at radius 2 is 1.90 bits per heavy atom. The largest absolute Gasteiger partial charge is 0.339 e. The second-order valence-electron chi connectivity index (χ2n) is 4.79. The van der Waals surface area contributed by atoms with Gasteiger partial charge in [-0.05, 0) is 24.6 Å². The molecule has 1 unspecified atom stereocenters. The third-order valence-electron chi connectivity index (χ3n) is 3.10. The maximum absolute atomic E-state index is 12.3. The van der Waals surface area contributed by atoms with Crippen LogP contribution in [0.3, 0.4) is 0 Å². The summed E-state index contributed by atoms with van der Waals surface area (Å²) >= 11 is 7.36. The van der Waals surface area contributed by atoms with E-state index in [1.54, 1.807) is 11.9 Å². The van der Waals surface area contributed by atoms with Gasteiger partial charge in [-0.15, -0.1) is 23.7 Å². The summed E-state index contributed by atoms with van der Waals surface area (Å²) in [5, 5.41) is 0. The number of nitrogens with zero attached hydrogens (tertiary/aromatic N) is 1. The van der Waals surface area contributed by atoms with Gasteiger partial charge in [-0.3, -0.25) is 4.79 Å². The molecule has 0 radical (unpaired) electrons. The average molecular weight is 345 g/mol. The lowest BCUT2D eigenvalue weighted by Gasteiger charge is -2.21. The third kappa shape index (κ3) is 4.71. The number of nitrogens with two attached hydrogens (primary N) is 1. The predicted molar refractivity (Wildman–Crippen MR) is 91.2 cm³/mol. The highest BCUT2D eigenvalue weighted by Gasteiger charge is 2.20. The summed E-state index contributed by atoms with van der Waals surface area (Å²) in [5.74, 6) is -0.0987. The molecule has 6 heteroatoms. The van der Waals surface area contributed by atoms with Crippen LogP contribution in [-0.2, 0) is 11.3 Å². The summed E-state index contributed by atoms with van der Waals surface area (Å²) in [4.78, 5) is 15.0. The number of carbonyl (C=O) groups is 1. The minimum atomic E-state index is -0.629. The van der Waals surface area contributed by atoms with E-state index in [2.05, 4.69) is 0 Å². The van der Waals surface area contributed by atoms with E-state index < -0.39 is 6.04 Å². The average Bonchev–Trinajstić information content (AvgIpc) is 2.83.